The van der Waals surface area contributed by atoms with E-state index in [0.717, 1.165) is 11.1 Å². The zero-order valence-electron chi connectivity index (χ0n) is 17.5. The molecule has 0 aliphatic carbocycles. The van der Waals surface area contributed by atoms with E-state index in [1.54, 1.807) is 72.8 Å². The van der Waals surface area contributed by atoms with Crippen molar-refractivity contribution in [3.63, 3.8) is 0 Å². The molecule has 0 bridgehead atoms. The summed E-state index contributed by atoms with van der Waals surface area (Å²) in [6, 6.07) is 32.3. The molecule has 0 radical (unpaired) electrons. The molecular formula is C28H24O4. The molecule has 2 N–H and O–H groups in total. The molecule has 0 aliphatic heterocycles. The second kappa shape index (κ2) is 11.5. The van der Waals surface area contributed by atoms with Gasteiger partial charge in [0.05, 0.1) is 13.2 Å². The first kappa shape index (κ1) is 22.8. The lowest BCUT2D eigenvalue weighted by molar-refractivity contribution is 0.103. The monoisotopic (exact) mass is 424 g/mol. The number of rotatable bonds is 6. The summed E-state index contributed by atoms with van der Waals surface area (Å²) in [7, 11) is 0. The largest absolute Gasteiger partial charge is 0.392 e. The third-order valence-corrected chi connectivity index (χ3v) is 4.82. The van der Waals surface area contributed by atoms with E-state index >= 15 is 0 Å². The van der Waals surface area contributed by atoms with E-state index in [1.165, 1.54) is 0 Å². The van der Waals surface area contributed by atoms with E-state index in [4.69, 9.17) is 10.2 Å². The predicted molar refractivity (Wildman–Crippen MR) is 124 cm³/mol. The Morgan fingerprint density at radius 2 is 0.812 bits per heavy atom. The molecule has 32 heavy (non-hydrogen) atoms. The van der Waals surface area contributed by atoms with Crippen LogP contribution >= 0.6 is 0 Å². The molecule has 4 nitrogen and oxygen atoms in total. The van der Waals surface area contributed by atoms with Gasteiger partial charge in [-0.1, -0.05) is 97.1 Å². The van der Waals surface area contributed by atoms with Crippen LogP contribution in [0.1, 0.15) is 43.0 Å². The van der Waals surface area contributed by atoms with Gasteiger partial charge in [0.25, 0.3) is 0 Å². The molecule has 0 saturated heterocycles. The maximum atomic E-state index is 12.0. The highest BCUT2D eigenvalue weighted by molar-refractivity contribution is 6.09. The Morgan fingerprint density at radius 1 is 0.469 bits per heavy atom. The molecule has 160 valence electrons. The lowest BCUT2D eigenvalue weighted by atomic mass is 10.0. The second-order valence-electron chi connectivity index (χ2n) is 7.11. The highest BCUT2D eigenvalue weighted by Crippen LogP contribution is 2.12. The van der Waals surface area contributed by atoms with Crippen LogP contribution in [0.2, 0.25) is 0 Å². The number of carbonyl (C=O) groups is 2. The third-order valence-electron chi connectivity index (χ3n) is 4.82. The summed E-state index contributed by atoms with van der Waals surface area (Å²) in [5.74, 6) is -0.0354. The zero-order chi connectivity index (χ0) is 22.8. The van der Waals surface area contributed by atoms with Crippen molar-refractivity contribution in [1.29, 1.82) is 0 Å². The first-order valence-electron chi connectivity index (χ1n) is 10.2. The molecule has 4 aromatic carbocycles. The molecule has 4 rings (SSSR count). The van der Waals surface area contributed by atoms with Crippen LogP contribution in [-0.2, 0) is 13.2 Å². The normalized spacial score (nSPS) is 10.1. The molecule has 0 aromatic heterocycles. The van der Waals surface area contributed by atoms with Crippen molar-refractivity contribution in [3.8, 4) is 0 Å². The Labute approximate surface area is 187 Å². The average Bonchev–Trinajstić information content (AvgIpc) is 2.89. The van der Waals surface area contributed by atoms with Gasteiger partial charge in [-0.2, -0.15) is 0 Å². The van der Waals surface area contributed by atoms with Crippen LogP contribution in [0, 0.1) is 0 Å². The number of hydrogen-bond donors (Lipinski definition) is 2. The minimum atomic E-state index is -0.0457. The van der Waals surface area contributed by atoms with Crippen LogP contribution < -0.4 is 0 Å². The standard InChI is InChI=1S/2C14H12O2/c2*15-10-11-5-4-8-13(9-11)14(16)12-6-2-1-3-7-12/h2*1-9,15H,10H2. The number of aliphatic hydroxyl groups is 2. The van der Waals surface area contributed by atoms with Gasteiger partial charge in [0.15, 0.2) is 11.6 Å². The summed E-state index contributed by atoms with van der Waals surface area (Å²) < 4.78 is 0. The van der Waals surface area contributed by atoms with E-state index in [0.29, 0.717) is 22.3 Å². The van der Waals surface area contributed by atoms with Crippen molar-refractivity contribution >= 4 is 11.6 Å². The number of ketones is 2. The van der Waals surface area contributed by atoms with Gasteiger partial charge in [-0.05, 0) is 23.3 Å². The Morgan fingerprint density at radius 3 is 1.16 bits per heavy atom. The smallest absolute Gasteiger partial charge is 0.193 e. The summed E-state index contributed by atoms with van der Waals surface area (Å²) in [6.45, 7) is -0.0914. The van der Waals surface area contributed by atoms with Crippen LogP contribution in [0.4, 0.5) is 0 Å². The van der Waals surface area contributed by atoms with Crippen molar-refractivity contribution in [2.24, 2.45) is 0 Å². The topological polar surface area (TPSA) is 74.6 Å². The second-order valence-corrected chi connectivity index (χ2v) is 7.11. The van der Waals surface area contributed by atoms with Gasteiger partial charge in [-0.25, -0.2) is 0 Å². The van der Waals surface area contributed by atoms with Crippen molar-refractivity contribution in [2.75, 3.05) is 0 Å². The van der Waals surface area contributed by atoms with Gasteiger partial charge in [0.2, 0.25) is 0 Å². The van der Waals surface area contributed by atoms with Crippen LogP contribution in [-0.4, -0.2) is 21.8 Å². The van der Waals surface area contributed by atoms with Gasteiger partial charge in [-0.3, -0.25) is 9.59 Å². The number of aliphatic hydroxyl groups excluding tert-OH is 2. The molecule has 0 aliphatic rings. The first-order valence-corrected chi connectivity index (χ1v) is 10.2. The number of benzene rings is 4. The summed E-state index contributed by atoms with van der Waals surface area (Å²) >= 11 is 0. The first-order chi connectivity index (χ1) is 15.6. The van der Waals surface area contributed by atoms with Gasteiger partial charge in [-0.15, -0.1) is 0 Å². The van der Waals surface area contributed by atoms with Crippen molar-refractivity contribution in [2.45, 2.75) is 13.2 Å². The highest BCUT2D eigenvalue weighted by atomic mass is 16.3. The third kappa shape index (κ3) is 6.08. The molecule has 0 amide bonds. The quantitative estimate of drug-likeness (QED) is 0.435. The molecular weight excluding hydrogens is 400 g/mol. The fraction of sp³-hybridized carbons (Fsp3) is 0.0714. The van der Waals surface area contributed by atoms with Crippen molar-refractivity contribution in [3.05, 3.63) is 143 Å². The molecule has 0 atom stereocenters. The molecule has 4 heteroatoms. The van der Waals surface area contributed by atoms with Gasteiger partial charge >= 0.3 is 0 Å². The van der Waals surface area contributed by atoms with E-state index in [-0.39, 0.29) is 24.8 Å². The number of carbonyl (C=O) groups excluding carboxylic acids is 2. The van der Waals surface area contributed by atoms with Crippen molar-refractivity contribution < 1.29 is 19.8 Å². The van der Waals surface area contributed by atoms with Gasteiger partial charge < -0.3 is 10.2 Å². The zero-order valence-corrected chi connectivity index (χ0v) is 17.5. The van der Waals surface area contributed by atoms with Gasteiger partial charge in [0, 0.05) is 22.3 Å². The molecule has 0 saturated carbocycles. The molecule has 0 fully saturated rings. The molecule has 4 aromatic rings. The van der Waals surface area contributed by atoms with Crippen LogP contribution in [0.3, 0.4) is 0 Å². The Bertz CT molecular complexity index is 1070. The van der Waals surface area contributed by atoms with E-state index in [1.807, 2.05) is 36.4 Å². The fourth-order valence-electron chi connectivity index (χ4n) is 3.13. The highest BCUT2D eigenvalue weighted by Gasteiger charge is 2.09. The lowest BCUT2D eigenvalue weighted by Crippen LogP contribution is -2.01. The minimum absolute atomic E-state index is 0.0177. The Balaban J connectivity index is 0.000000181. The summed E-state index contributed by atoms with van der Waals surface area (Å²) in [6.07, 6.45) is 0. The summed E-state index contributed by atoms with van der Waals surface area (Å²) in [5.41, 5.74) is 4.05. The average molecular weight is 424 g/mol. The minimum Gasteiger partial charge on any atom is -0.392 e. The van der Waals surface area contributed by atoms with Crippen LogP contribution in [0.5, 0.6) is 0 Å². The molecule has 0 unspecified atom stereocenters. The molecule has 0 spiro atoms. The SMILES string of the molecule is O=C(c1ccccc1)c1cccc(CO)c1.O=C(c1ccccc1)c1cccc(CO)c1. The van der Waals surface area contributed by atoms with Crippen LogP contribution in [0.15, 0.2) is 109 Å². The van der Waals surface area contributed by atoms with Gasteiger partial charge in [0.1, 0.15) is 0 Å². The van der Waals surface area contributed by atoms with Crippen molar-refractivity contribution in [1.82, 2.24) is 0 Å². The maximum Gasteiger partial charge on any atom is 0.193 e. The van der Waals surface area contributed by atoms with Crippen LogP contribution in [0.25, 0.3) is 0 Å². The fourth-order valence-corrected chi connectivity index (χ4v) is 3.13. The van der Waals surface area contributed by atoms with E-state index in [2.05, 4.69) is 0 Å². The Kier molecular flexibility index (Phi) is 8.21. The molecule has 0 heterocycles. The summed E-state index contributed by atoms with van der Waals surface area (Å²) in [4.78, 5) is 24.1. The number of hydrogen-bond acceptors (Lipinski definition) is 4. The predicted octanol–water partition coefficient (Wildman–Crippen LogP) is 4.82. The Hall–Kier alpha value is -3.86. The van der Waals surface area contributed by atoms with E-state index < -0.39 is 0 Å². The summed E-state index contributed by atoms with van der Waals surface area (Å²) in [5, 5.41) is 18.0. The van der Waals surface area contributed by atoms with E-state index in [9.17, 15) is 9.59 Å². The lowest BCUT2D eigenvalue weighted by Gasteiger charge is -2.02. The maximum absolute atomic E-state index is 12.0.